The Morgan fingerprint density at radius 3 is 2.42 bits per heavy atom. The number of nitrogens with two attached hydrogens (primary N) is 2. The van der Waals surface area contributed by atoms with Crippen LogP contribution in [0.4, 0.5) is 0 Å². The van der Waals surface area contributed by atoms with Gasteiger partial charge in [0.2, 0.25) is 5.91 Å². The average molecular weight is 164 g/mol. The molecular weight excluding hydrogens is 152 g/mol. The molecule has 0 saturated carbocycles. The zero-order valence-electron chi connectivity index (χ0n) is 6.95. The lowest BCUT2D eigenvalue weighted by Crippen LogP contribution is -2.17. The molecule has 0 aliphatic heterocycles. The Balaban J connectivity index is 3.17. The number of carbonyl (C=O) groups excluding carboxylic acids is 1. The highest BCUT2D eigenvalue weighted by Crippen LogP contribution is 2.14. The Bertz CT molecular complexity index is 294. The third-order valence-corrected chi connectivity index (χ3v) is 1.72. The summed E-state index contributed by atoms with van der Waals surface area (Å²) in [7, 11) is 0. The maximum absolute atomic E-state index is 10.9. The van der Waals surface area contributed by atoms with Gasteiger partial charge >= 0.3 is 0 Å². The summed E-state index contributed by atoms with van der Waals surface area (Å²) < 4.78 is 0. The molecule has 0 fully saturated rings. The van der Waals surface area contributed by atoms with E-state index in [4.69, 9.17) is 11.5 Å². The predicted octanol–water partition coefficient (Wildman–Crippen LogP) is 0.805. The molecule has 3 heteroatoms. The van der Waals surface area contributed by atoms with Gasteiger partial charge in [0.1, 0.15) is 0 Å². The van der Waals surface area contributed by atoms with Crippen molar-refractivity contribution in [2.24, 2.45) is 11.5 Å². The maximum atomic E-state index is 10.9. The molecule has 1 aromatic carbocycles. The Hall–Kier alpha value is -1.35. The molecule has 0 aliphatic carbocycles. The second-order valence-corrected chi connectivity index (χ2v) is 2.74. The SMILES string of the molecule is C[C@H](N)c1ccccc1C(N)=O. The van der Waals surface area contributed by atoms with Crippen molar-refractivity contribution in [2.75, 3.05) is 0 Å². The molecular formula is C9H12N2O. The van der Waals surface area contributed by atoms with E-state index in [9.17, 15) is 4.79 Å². The first kappa shape index (κ1) is 8.74. The third-order valence-electron chi connectivity index (χ3n) is 1.72. The summed E-state index contributed by atoms with van der Waals surface area (Å²) in [6.45, 7) is 1.82. The van der Waals surface area contributed by atoms with Crippen LogP contribution in [0.1, 0.15) is 28.9 Å². The van der Waals surface area contributed by atoms with E-state index < -0.39 is 5.91 Å². The van der Waals surface area contributed by atoms with Gasteiger partial charge in [0.15, 0.2) is 0 Å². The van der Waals surface area contributed by atoms with Crippen LogP contribution in [-0.4, -0.2) is 5.91 Å². The number of rotatable bonds is 2. The third kappa shape index (κ3) is 1.62. The molecule has 0 aromatic heterocycles. The lowest BCUT2D eigenvalue weighted by molar-refractivity contribution is 0.0999. The van der Waals surface area contributed by atoms with Crippen LogP contribution >= 0.6 is 0 Å². The number of carbonyl (C=O) groups is 1. The van der Waals surface area contributed by atoms with Crippen LogP contribution in [0.2, 0.25) is 0 Å². The molecule has 0 bridgehead atoms. The van der Waals surface area contributed by atoms with Gasteiger partial charge in [0.25, 0.3) is 0 Å². The zero-order valence-corrected chi connectivity index (χ0v) is 6.95. The van der Waals surface area contributed by atoms with Gasteiger partial charge in [-0.1, -0.05) is 18.2 Å². The minimum atomic E-state index is -0.428. The van der Waals surface area contributed by atoms with Gasteiger partial charge < -0.3 is 11.5 Å². The molecule has 1 aromatic rings. The summed E-state index contributed by atoms with van der Waals surface area (Å²) in [5.74, 6) is -0.428. The van der Waals surface area contributed by atoms with E-state index in [0.29, 0.717) is 5.56 Å². The highest BCUT2D eigenvalue weighted by Gasteiger charge is 2.09. The molecule has 12 heavy (non-hydrogen) atoms. The minimum absolute atomic E-state index is 0.159. The van der Waals surface area contributed by atoms with E-state index in [1.807, 2.05) is 19.1 Å². The number of primary amides is 1. The summed E-state index contributed by atoms with van der Waals surface area (Å²) in [6, 6.07) is 6.94. The monoisotopic (exact) mass is 164 g/mol. The van der Waals surface area contributed by atoms with Gasteiger partial charge in [-0.05, 0) is 18.6 Å². The van der Waals surface area contributed by atoms with Crippen LogP contribution in [0.15, 0.2) is 24.3 Å². The van der Waals surface area contributed by atoms with Crippen molar-refractivity contribution in [1.29, 1.82) is 0 Å². The summed E-state index contributed by atoms with van der Waals surface area (Å²) in [4.78, 5) is 10.9. The molecule has 0 saturated heterocycles. The second kappa shape index (κ2) is 3.36. The first-order valence-corrected chi connectivity index (χ1v) is 3.77. The summed E-state index contributed by atoms with van der Waals surface area (Å²) in [6.07, 6.45) is 0. The first-order chi connectivity index (χ1) is 5.63. The fourth-order valence-corrected chi connectivity index (χ4v) is 1.12. The van der Waals surface area contributed by atoms with Gasteiger partial charge in [0.05, 0.1) is 0 Å². The topological polar surface area (TPSA) is 69.1 Å². The zero-order chi connectivity index (χ0) is 9.14. The van der Waals surface area contributed by atoms with Crippen molar-refractivity contribution in [3.8, 4) is 0 Å². The summed E-state index contributed by atoms with van der Waals surface area (Å²) >= 11 is 0. The van der Waals surface area contributed by atoms with Crippen LogP contribution in [0, 0.1) is 0 Å². The van der Waals surface area contributed by atoms with Gasteiger partial charge in [0, 0.05) is 11.6 Å². The molecule has 0 heterocycles. The molecule has 0 aliphatic rings. The Morgan fingerprint density at radius 2 is 2.00 bits per heavy atom. The van der Waals surface area contributed by atoms with E-state index >= 15 is 0 Å². The molecule has 0 unspecified atom stereocenters. The van der Waals surface area contributed by atoms with Crippen molar-refractivity contribution in [3.63, 3.8) is 0 Å². The molecule has 1 atom stereocenters. The minimum Gasteiger partial charge on any atom is -0.366 e. The number of amides is 1. The fourth-order valence-electron chi connectivity index (χ4n) is 1.12. The predicted molar refractivity (Wildman–Crippen MR) is 47.6 cm³/mol. The fraction of sp³-hybridized carbons (Fsp3) is 0.222. The van der Waals surface area contributed by atoms with Crippen LogP contribution in [0.5, 0.6) is 0 Å². The standard InChI is InChI=1S/C9H12N2O/c1-6(10)7-4-2-3-5-8(7)9(11)12/h2-6H,10H2,1H3,(H2,11,12)/t6-/m0/s1. The summed E-state index contributed by atoms with van der Waals surface area (Å²) in [5, 5.41) is 0. The van der Waals surface area contributed by atoms with E-state index in [-0.39, 0.29) is 6.04 Å². The normalized spacial score (nSPS) is 12.5. The number of hydrogen-bond acceptors (Lipinski definition) is 2. The number of benzene rings is 1. The van der Waals surface area contributed by atoms with Gasteiger partial charge in [-0.25, -0.2) is 0 Å². The van der Waals surface area contributed by atoms with Crippen molar-refractivity contribution >= 4 is 5.91 Å². The van der Waals surface area contributed by atoms with Gasteiger partial charge in [-0.3, -0.25) is 4.79 Å². The first-order valence-electron chi connectivity index (χ1n) is 3.77. The van der Waals surface area contributed by atoms with E-state index in [0.717, 1.165) is 5.56 Å². The lowest BCUT2D eigenvalue weighted by atomic mass is 10.0. The van der Waals surface area contributed by atoms with Crippen molar-refractivity contribution in [1.82, 2.24) is 0 Å². The van der Waals surface area contributed by atoms with Crippen molar-refractivity contribution in [2.45, 2.75) is 13.0 Å². The van der Waals surface area contributed by atoms with E-state index in [2.05, 4.69) is 0 Å². The molecule has 1 amide bonds. The van der Waals surface area contributed by atoms with Crippen LogP contribution in [-0.2, 0) is 0 Å². The highest BCUT2D eigenvalue weighted by atomic mass is 16.1. The molecule has 0 spiro atoms. The Labute approximate surface area is 71.4 Å². The molecule has 64 valence electrons. The Kier molecular flexibility index (Phi) is 2.45. The van der Waals surface area contributed by atoms with Gasteiger partial charge in [-0.15, -0.1) is 0 Å². The van der Waals surface area contributed by atoms with Crippen LogP contribution in [0.3, 0.4) is 0 Å². The van der Waals surface area contributed by atoms with Gasteiger partial charge in [-0.2, -0.15) is 0 Å². The Morgan fingerprint density at radius 1 is 1.42 bits per heavy atom. The maximum Gasteiger partial charge on any atom is 0.249 e. The lowest BCUT2D eigenvalue weighted by Gasteiger charge is -2.08. The molecule has 0 radical (unpaired) electrons. The van der Waals surface area contributed by atoms with Crippen LogP contribution < -0.4 is 11.5 Å². The molecule has 4 N–H and O–H groups in total. The summed E-state index contributed by atoms with van der Waals surface area (Å²) in [5.41, 5.74) is 12.1. The molecule has 1 rings (SSSR count). The smallest absolute Gasteiger partial charge is 0.249 e. The number of hydrogen-bond donors (Lipinski definition) is 2. The molecule has 3 nitrogen and oxygen atoms in total. The van der Waals surface area contributed by atoms with Crippen molar-refractivity contribution in [3.05, 3.63) is 35.4 Å². The quantitative estimate of drug-likeness (QED) is 0.679. The average Bonchev–Trinajstić information content (AvgIpc) is 2.04. The van der Waals surface area contributed by atoms with Crippen LogP contribution in [0.25, 0.3) is 0 Å². The second-order valence-electron chi connectivity index (χ2n) is 2.74. The van der Waals surface area contributed by atoms with E-state index in [1.165, 1.54) is 0 Å². The largest absolute Gasteiger partial charge is 0.366 e. The highest BCUT2D eigenvalue weighted by molar-refractivity contribution is 5.94. The van der Waals surface area contributed by atoms with Crippen molar-refractivity contribution < 1.29 is 4.79 Å². The van der Waals surface area contributed by atoms with E-state index in [1.54, 1.807) is 12.1 Å².